The molecule has 0 aliphatic heterocycles. The van der Waals surface area contributed by atoms with Crippen LogP contribution in [-0.4, -0.2) is 25.5 Å². The molecular formula is C22H28O6. The molecule has 0 bridgehead atoms. The lowest BCUT2D eigenvalue weighted by Crippen LogP contribution is -2.17. The van der Waals surface area contributed by atoms with Crippen LogP contribution in [0.2, 0.25) is 0 Å². The van der Waals surface area contributed by atoms with Gasteiger partial charge in [0.2, 0.25) is 0 Å². The van der Waals surface area contributed by atoms with E-state index >= 15 is 0 Å². The highest BCUT2D eigenvalue weighted by atomic mass is 16.7. The zero-order valence-corrected chi connectivity index (χ0v) is 17.3. The Bertz CT molecular complexity index is 783. The topological polar surface area (TPSA) is 71.1 Å². The first-order chi connectivity index (χ1) is 13.2. The summed E-state index contributed by atoms with van der Waals surface area (Å²) in [5.41, 5.74) is 1.37. The minimum Gasteiger partial charge on any atom is -0.434 e. The van der Waals surface area contributed by atoms with Crippen molar-refractivity contribution in [3.63, 3.8) is 0 Å². The summed E-state index contributed by atoms with van der Waals surface area (Å²) in [6, 6.07) is 7.26. The van der Waals surface area contributed by atoms with E-state index in [2.05, 4.69) is 0 Å². The minimum atomic E-state index is -0.758. The van der Waals surface area contributed by atoms with Gasteiger partial charge >= 0.3 is 12.3 Å². The molecule has 2 aromatic carbocycles. The molecule has 2 rings (SSSR count). The van der Waals surface area contributed by atoms with Gasteiger partial charge in [-0.15, -0.1) is 0 Å². The Morgan fingerprint density at radius 3 is 1.43 bits per heavy atom. The van der Waals surface area contributed by atoms with Crippen LogP contribution < -0.4 is 9.47 Å². The largest absolute Gasteiger partial charge is 0.513 e. The molecule has 0 fully saturated rings. The molecule has 0 atom stereocenters. The first-order valence-electron chi connectivity index (χ1n) is 9.41. The highest BCUT2D eigenvalue weighted by Gasteiger charge is 2.21. The fourth-order valence-corrected chi connectivity index (χ4v) is 2.58. The normalized spacial score (nSPS) is 11.0. The Morgan fingerprint density at radius 1 is 0.750 bits per heavy atom. The van der Waals surface area contributed by atoms with Gasteiger partial charge in [0.05, 0.1) is 13.2 Å². The molecule has 6 heteroatoms. The molecule has 0 radical (unpaired) electrons. The third kappa shape index (κ3) is 5.38. The molecule has 0 N–H and O–H groups in total. The predicted octanol–water partition coefficient (Wildman–Crippen LogP) is 5.80. The van der Waals surface area contributed by atoms with Gasteiger partial charge in [-0.3, -0.25) is 0 Å². The maximum Gasteiger partial charge on any atom is 0.513 e. The van der Waals surface area contributed by atoms with Crippen molar-refractivity contribution in [1.29, 1.82) is 0 Å². The molecule has 0 aliphatic rings. The SMILES string of the molecule is Cc1c(C)c(OC(=O)OCC(C)C)c2ccccc2c1OC(=O)OCC(C)C. The summed E-state index contributed by atoms with van der Waals surface area (Å²) in [7, 11) is 0. The van der Waals surface area contributed by atoms with E-state index in [1.54, 1.807) is 26.0 Å². The van der Waals surface area contributed by atoms with Crippen molar-refractivity contribution in [3.05, 3.63) is 35.4 Å². The fraction of sp³-hybridized carbons (Fsp3) is 0.455. The summed E-state index contributed by atoms with van der Waals surface area (Å²) in [6.45, 7) is 11.9. The Balaban J connectivity index is 2.37. The smallest absolute Gasteiger partial charge is 0.434 e. The molecule has 0 amide bonds. The number of hydrogen-bond donors (Lipinski definition) is 0. The molecule has 0 saturated carbocycles. The molecule has 0 unspecified atom stereocenters. The van der Waals surface area contributed by atoms with Crippen LogP contribution >= 0.6 is 0 Å². The Morgan fingerprint density at radius 2 is 1.11 bits per heavy atom. The number of benzene rings is 2. The summed E-state index contributed by atoms with van der Waals surface area (Å²) >= 11 is 0. The van der Waals surface area contributed by atoms with Gasteiger partial charge in [-0.25, -0.2) is 9.59 Å². The van der Waals surface area contributed by atoms with Crippen LogP contribution in [0, 0.1) is 25.7 Å². The third-order valence-electron chi connectivity index (χ3n) is 4.10. The molecule has 0 spiro atoms. The van der Waals surface area contributed by atoms with Gasteiger partial charge in [0, 0.05) is 10.8 Å². The van der Waals surface area contributed by atoms with E-state index in [4.69, 9.17) is 18.9 Å². The number of hydrogen-bond acceptors (Lipinski definition) is 6. The predicted molar refractivity (Wildman–Crippen MR) is 107 cm³/mol. The van der Waals surface area contributed by atoms with Crippen LogP contribution in [0.1, 0.15) is 38.8 Å². The molecule has 28 heavy (non-hydrogen) atoms. The van der Waals surface area contributed by atoms with Crippen molar-refractivity contribution in [2.24, 2.45) is 11.8 Å². The fourth-order valence-electron chi connectivity index (χ4n) is 2.58. The first-order valence-corrected chi connectivity index (χ1v) is 9.41. The molecule has 0 aliphatic carbocycles. The van der Waals surface area contributed by atoms with Gasteiger partial charge in [0.25, 0.3) is 0 Å². The van der Waals surface area contributed by atoms with Gasteiger partial charge < -0.3 is 18.9 Å². The van der Waals surface area contributed by atoms with Crippen LogP contribution in [0.3, 0.4) is 0 Å². The van der Waals surface area contributed by atoms with E-state index in [1.165, 1.54) is 0 Å². The van der Waals surface area contributed by atoms with Crippen molar-refractivity contribution in [2.75, 3.05) is 13.2 Å². The van der Waals surface area contributed by atoms with Crippen molar-refractivity contribution >= 4 is 23.1 Å². The monoisotopic (exact) mass is 388 g/mol. The van der Waals surface area contributed by atoms with Crippen molar-refractivity contribution < 1.29 is 28.5 Å². The van der Waals surface area contributed by atoms with E-state index in [0.717, 1.165) is 0 Å². The highest BCUT2D eigenvalue weighted by molar-refractivity contribution is 5.98. The molecule has 152 valence electrons. The zero-order chi connectivity index (χ0) is 20.8. The van der Waals surface area contributed by atoms with Crippen LogP contribution in [0.5, 0.6) is 11.5 Å². The van der Waals surface area contributed by atoms with Crippen LogP contribution in [0.25, 0.3) is 10.8 Å². The standard InChI is InChI=1S/C22H28O6/c1-13(2)11-25-21(23)27-19-15(5)16(6)20(18-10-8-7-9-17(18)19)28-22(24)26-12-14(3)4/h7-10,13-14H,11-12H2,1-6H3. The lowest BCUT2D eigenvalue weighted by atomic mass is 9.99. The van der Waals surface area contributed by atoms with Gasteiger partial charge in [-0.1, -0.05) is 52.0 Å². The number of rotatable bonds is 6. The van der Waals surface area contributed by atoms with Gasteiger partial charge in [0.1, 0.15) is 11.5 Å². The van der Waals surface area contributed by atoms with E-state index in [0.29, 0.717) is 33.4 Å². The number of fused-ring (bicyclic) bond motifs is 1. The molecular weight excluding hydrogens is 360 g/mol. The Labute approximate surface area is 165 Å². The number of carbonyl (C=O) groups is 2. The van der Waals surface area contributed by atoms with E-state index < -0.39 is 12.3 Å². The Hall–Kier alpha value is -2.76. The van der Waals surface area contributed by atoms with Gasteiger partial charge in [0.15, 0.2) is 0 Å². The van der Waals surface area contributed by atoms with E-state index in [9.17, 15) is 9.59 Å². The maximum atomic E-state index is 12.1. The van der Waals surface area contributed by atoms with E-state index in [-0.39, 0.29) is 25.0 Å². The second-order valence-corrected chi connectivity index (χ2v) is 7.57. The summed E-state index contributed by atoms with van der Waals surface area (Å²) in [5.74, 6) is 1.20. The van der Waals surface area contributed by atoms with Crippen LogP contribution in [0.15, 0.2) is 24.3 Å². The van der Waals surface area contributed by atoms with Gasteiger partial charge in [-0.05, 0) is 36.8 Å². The summed E-state index contributed by atoms with van der Waals surface area (Å²) in [6.07, 6.45) is -1.52. The maximum absolute atomic E-state index is 12.1. The zero-order valence-electron chi connectivity index (χ0n) is 17.3. The summed E-state index contributed by atoms with van der Waals surface area (Å²) < 4.78 is 21.3. The average molecular weight is 388 g/mol. The second kappa shape index (κ2) is 9.44. The van der Waals surface area contributed by atoms with Crippen LogP contribution in [-0.2, 0) is 9.47 Å². The van der Waals surface area contributed by atoms with Crippen molar-refractivity contribution in [3.8, 4) is 11.5 Å². The third-order valence-corrected chi connectivity index (χ3v) is 4.10. The second-order valence-electron chi connectivity index (χ2n) is 7.57. The number of ether oxygens (including phenoxy) is 4. The summed E-state index contributed by atoms with van der Waals surface area (Å²) in [5, 5.41) is 1.30. The molecule has 6 nitrogen and oxygen atoms in total. The minimum absolute atomic E-state index is 0.208. The first kappa shape index (κ1) is 21.5. The van der Waals surface area contributed by atoms with Crippen LogP contribution in [0.4, 0.5) is 9.59 Å². The molecule has 2 aromatic rings. The highest BCUT2D eigenvalue weighted by Crippen LogP contribution is 2.40. The Kier molecular flexibility index (Phi) is 7.26. The average Bonchev–Trinajstić information content (AvgIpc) is 2.65. The van der Waals surface area contributed by atoms with Gasteiger partial charge in [-0.2, -0.15) is 0 Å². The lowest BCUT2D eigenvalue weighted by Gasteiger charge is -2.18. The molecule has 0 saturated heterocycles. The molecule has 0 heterocycles. The quantitative estimate of drug-likeness (QED) is 0.460. The van der Waals surface area contributed by atoms with Crippen molar-refractivity contribution in [1.82, 2.24) is 0 Å². The van der Waals surface area contributed by atoms with Crippen molar-refractivity contribution in [2.45, 2.75) is 41.5 Å². The molecule has 0 aromatic heterocycles. The lowest BCUT2D eigenvalue weighted by molar-refractivity contribution is 0.0869. The summed E-state index contributed by atoms with van der Waals surface area (Å²) in [4.78, 5) is 24.2. The van der Waals surface area contributed by atoms with E-state index in [1.807, 2.05) is 39.8 Å². The number of carbonyl (C=O) groups excluding carboxylic acids is 2.